The fourth-order valence-corrected chi connectivity index (χ4v) is 3.28. The van der Waals surface area contributed by atoms with Crippen LogP contribution in [-0.2, 0) is 28.7 Å². The van der Waals surface area contributed by atoms with Gasteiger partial charge < -0.3 is 20.4 Å². The Morgan fingerprint density at radius 3 is 1.33 bits per heavy atom. The molecule has 2 atom stereocenters. The molecule has 0 aliphatic carbocycles. The Kier molecular flexibility index (Phi) is 16.0. The molecule has 0 aromatic rings. The summed E-state index contributed by atoms with van der Waals surface area (Å²) in [4.78, 5) is 43.0. The van der Waals surface area contributed by atoms with Crippen LogP contribution in [0.15, 0.2) is 0 Å². The molecule has 0 saturated carbocycles. The van der Waals surface area contributed by atoms with Crippen LogP contribution in [0, 0.1) is 0 Å². The molecule has 1 heterocycles. The van der Waals surface area contributed by atoms with Gasteiger partial charge in [0, 0.05) is 17.1 Å². The highest BCUT2D eigenvalue weighted by Crippen LogP contribution is 2.35. The minimum Gasteiger partial charge on any atom is -0.391 e. The van der Waals surface area contributed by atoms with Gasteiger partial charge in [-0.15, -0.1) is 0 Å². The van der Waals surface area contributed by atoms with E-state index in [1.165, 1.54) is 5.06 Å². The number of piperidine rings is 1. The predicted molar refractivity (Wildman–Crippen MR) is 154 cm³/mol. The van der Waals surface area contributed by atoms with Gasteiger partial charge in [-0.3, -0.25) is 19.2 Å². The number of ether oxygens (including phenoxy) is 2. The number of nitrogens with two attached hydrogens (primary N) is 1. The summed E-state index contributed by atoms with van der Waals surface area (Å²) in [6, 6.07) is 0.207. The lowest BCUT2D eigenvalue weighted by molar-refractivity contribution is -0.244. The van der Waals surface area contributed by atoms with Gasteiger partial charge in [0.15, 0.2) is 0 Å². The Morgan fingerprint density at radius 1 is 0.833 bits per heavy atom. The van der Waals surface area contributed by atoms with E-state index in [1.807, 2.05) is 27.7 Å². The molecule has 1 aliphatic rings. The molecule has 3 N–H and O–H groups in total. The molecule has 13 heteroatoms. The zero-order valence-electron chi connectivity index (χ0n) is 22.6. The summed E-state index contributed by atoms with van der Waals surface area (Å²) in [6.45, 7) is 17.7. The standard InChI is InChI=1S/C9H20N2O.C8H12Br2O3.C6H8Br2O3/c1-8(2)5-7(10)6-9(3,4)11(8)12;1-7(2,9)5(11)13-6(12)8(3,4)10;1-3(7)5(9)11-6(10)4(2)8/h7,12H,5-6,10H2,1-4H3;1-4H3;3-4H,1-2H3. The molecule has 9 nitrogen and oxygen atoms in total. The van der Waals surface area contributed by atoms with Crippen molar-refractivity contribution in [1.82, 2.24) is 5.06 Å². The number of hydrogen-bond acceptors (Lipinski definition) is 9. The molecule has 1 rings (SSSR count). The molecule has 0 aromatic heterocycles. The highest BCUT2D eigenvalue weighted by Gasteiger charge is 2.43. The molecule has 0 spiro atoms. The quantitative estimate of drug-likeness (QED) is 0.219. The van der Waals surface area contributed by atoms with Gasteiger partial charge in [0.1, 0.15) is 18.3 Å². The lowest BCUT2D eigenvalue weighted by Gasteiger charge is -2.50. The van der Waals surface area contributed by atoms with E-state index >= 15 is 0 Å². The topological polar surface area (TPSA) is 136 Å². The largest absolute Gasteiger partial charge is 0.391 e. The Hall–Kier alpha value is 0.0800. The van der Waals surface area contributed by atoms with Crippen LogP contribution >= 0.6 is 63.7 Å². The highest BCUT2D eigenvalue weighted by molar-refractivity contribution is 9.10. The van der Waals surface area contributed by atoms with Crippen molar-refractivity contribution < 1.29 is 33.9 Å². The van der Waals surface area contributed by atoms with Crippen molar-refractivity contribution >= 4 is 87.6 Å². The molecule has 1 saturated heterocycles. The molecule has 0 radical (unpaired) electrons. The number of hydrogen-bond donors (Lipinski definition) is 2. The van der Waals surface area contributed by atoms with Crippen molar-refractivity contribution in [3.05, 3.63) is 0 Å². The average Bonchev–Trinajstić information content (AvgIpc) is 2.64. The molecule has 1 aliphatic heterocycles. The molecule has 2 unspecified atom stereocenters. The van der Waals surface area contributed by atoms with Crippen molar-refractivity contribution in [2.45, 2.75) is 118 Å². The third-order valence-corrected chi connectivity index (χ3v) is 6.07. The molecule has 0 aromatic carbocycles. The van der Waals surface area contributed by atoms with Gasteiger partial charge in [-0.25, -0.2) is 0 Å². The van der Waals surface area contributed by atoms with Crippen molar-refractivity contribution in [1.29, 1.82) is 0 Å². The summed E-state index contributed by atoms with van der Waals surface area (Å²) >= 11 is 12.1. The molecular weight excluding hydrogens is 736 g/mol. The third kappa shape index (κ3) is 14.9. The zero-order chi connectivity index (χ0) is 29.4. The van der Waals surface area contributed by atoms with Gasteiger partial charge in [-0.05, 0) is 82.1 Å². The van der Waals surface area contributed by atoms with Gasteiger partial charge in [0.05, 0.1) is 0 Å². The smallest absolute Gasteiger partial charge is 0.329 e. The third-order valence-electron chi connectivity index (χ3n) is 4.68. The van der Waals surface area contributed by atoms with Gasteiger partial charge in [-0.1, -0.05) is 63.7 Å². The van der Waals surface area contributed by atoms with E-state index in [0.29, 0.717) is 0 Å². The number of halogens is 4. The number of esters is 4. The normalized spacial score (nSPS) is 19.3. The number of carbonyl (C=O) groups excluding carboxylic acids is 4. The number of hydroxylamine groups is 2. The van der Waals surface area contributed by atoms with Gasteiger partial charge >= 0.3 is 23.9 Å². The van der Waals surface area contributed by atoms with E-state index in [1.54, 1.807) is 41.5 Å². The fraction of sp³-hybridized carbons (Fsp3) is 0.826. The number of alkyl halides is 4. The Bertz CT molecular complexity index is 713. The van der Waals surface area contributed by atoms with Gasteiger partial charge in [0.2, 0.25) is 0 Å². The first-order valence-corrected chi connectivity index (χ1v) is 14.6. The second kappa shape index (κ2) is 15.0. The molecule has 0 amide bonds. The van der Waals surface area contributed by atoms with Crippen LogP contribution in [0.3, 0.4) is 0 Å². The molecule has 36 heavy (non-hydrogen) atoms. The summed E-state index contributed by atoms with van der Waals surface area (Å²) in [5.41, 5.74) is 5.52. The fourth-order valence-electron chi connectivity index (χ4n) is 2.94. The predicted octanol–water partition coefficient (Wildman–Crippen LogP) is 5.38. The van der Waals surface area contributed by atoms with Crippen LogP contribution in [0.25, 0.3) is 0 Å². The maximum absolute atomic E-state index is 11.2. The maximum Gasteiger partial charge on any atom is 0.329 e. The van der Waals surface area contributed by atoms with E-state index in [2.05, 4.69) is 73.2 Å². The van der Waals surface area contributed by atoms with Crippen LogP contribution in [0.1, 0.15) is 82.1 Å². The Morgan fingerprint density at radius 2 is 1.11 bits per heavy atom. The van der Waals surface area contributed by atoms with Gasteiger partial charge in [-0.2, -0.15) is 5.06 Å². The highest BCUT2D eigenvalue weighted by atomic mass is 79.9. The summed E-state index contributed by atoms with van der Waals surface area (Å²) < 4.78 is 7.34. The summed E-state index contributed by atoms with van der Waals surface area (Å²) in [6.07, 6.45) is 1.71. The van der Waals surface area contributed by atoms with Crippen molar-refractivity contribution in [2.75, 3.05) is 0 Å². The summed E-state index contributed by atoms with van der Waals surface area (Å²) in [5.74, 6) is -2.32. The van der Waals surface area contributed by atoms with Crippen LogP contribution in [0.4, 0.5) is 0 Å². The van der Waals surface area contributed by atoms with E-state index < -0.39 is 42.2 Å². The van der Waals surface area contributed by atoms with E-state index in [9.17, 15) is 24.4 Å². The second-order valence-electron chi connectivity index (χ2n) is 10.7. The van der Waals surface area contributed by atoms with Crippen LogP contribution in [-0.4, -0.2) is 69.6 Å². The lowest BCUT2D eigenvalue weighted by atomic mass is 9.79. The van der Waals surface area contributed by atoms with Crippen molar-refractivity contribution in [3.63, 3.8) is 0 Å². The molecule has 0 bridgehead atoms. The second-order valence-corrected chi connectivity index (χ2v) is 17.4. The number of rotatable bonds is 4. The van der Waals surface area contributed by atoms with E-state index in [4.69, 9.17) is 5.73 Å². The number of carbonyl (C=O) groups is 4. The maximum atomic E-state index is 11.2. The first-order chi connectivity index (χ1) is 15.8. The monoisotopic (exact) mass is 772 g/mol. The minimum atomic E-state index is -0.832. The Labute approximate surface area is 248 Å². The minimum absolute atomic E-state index is 0.193. The first-order valence-electron chi connectivity index (χ1n) is 11.2. The number of nitrogens with zero attached hydrogens (tertiary/aromatic N) is 1. The van der Waals surface area contributed by atoms with Crippen LogP contribution in [0.2, 0.25) is 0 Å². The Balaban J connectivity index is 0. The van der Waals surface area contributed by atoms with Gasteiger partial charge in [0.25, 0.3) is 0 Å². The van der Waals surface area contributed by atoms with Crippen LogP contribution < -0.4 is 5.73 Å². The average molecular weight is 776 g/mol. The summed E-state index contributed by atoms with van der Waals surface area (Å²) in [7, 11) is 0. The SMILES string of the molecule is CC(Br)C(=O)OC(=O)C(C)Br.CC(C)(Br)C(=O)OC(=O)C(C)(C)Br.CC1(C)CC(N)CC(C)(C)N1O. The van der Waals surface area contributed by atoms with Crippen molar-refractivity contribution in [2.24, 2.45) is 5.73 Å². The van der Waals surface area contributed by atoms with E-state index in [-0.39, 0.29) is 17.1 Å². The molecular formula is C23H40Br4N2O7. The van der Waals surface area contributed by atoms with Crippen LogP contribution in [0.5, 0.6) is 0 Å². The molecule has 1 fully saturated rings. The van der Waals surface area contributed by atoms with Crippen molar-refractivity contribution in [3.8, 4) is 0 Å². The lowest BCUT2D eigenvalue weighted by Crippen LogP contribution is -2.61. The zero-order valence-corrected chi connectivity index (χ0v) is 28.9. The molecule has 212 valence electrons. The first kappa shape index (κ1) is 38.2. The van der Waals surface area contributed by atoms with E-state index in [0.717, 1.165) is 12.8 Å². The summed E-state index contributed by atoms with van der Waals surface area (Å²) in [5, 5.41) is 11.3.